The first-order chi connectivity index (χ1) is 5.25. The van der Waals surface area contributed by atoms with Gasteiger partial charge in [-0.05, 0) is 18.6 Å². The maximum Gasteiger partial charge on any atom is 0.0475 e. The van der Waals surface area contributed by atoms with Crippen LogP contribution in [0.4, 0.5) is 0 Å². The molecule has 0 saturated heterocycles. The second kappa shape index (κ2) is 3.88. The lowest BCUT2D eigenvalue weighted by Gasteiger charge is -2.09. The minimum Gasteiger partial charge on any atom is -0.237 e. The molecule has 1 aromatic carbocycles. The van der Waals surface area contributed by atoms with E-state index in [0.29, 0.717) is 0 Å². The molecule has 0 aliphatic rings. The van der Waals surface area contributed by atoms with Crippen LogP contribution in [0.3, 0.4) is 0 Å². The molecule has 1 radical (unpaired) electrons. The molecule has 0 fully saturated rings. The maximum atomic E-state index is 4.19. The third-order valence-electron chi connectivity index (χ3n) is 1.74. The summed E-state index contributed by atoms with van der Waals surface area (Å²) in [6.45, 7) is 2.08. The number of rotatable bonds is 2. The van der Waals surface area contributed by atoms with Crippen molar-refractivity contribution < 1.29 is 0 Å². The summed E-state index contributed by atoms with van der Waals surface area (Å²) in [4.78, 5) is 0. The first-order valence-corrected chi connectivity index (χ1v) is 4.38. The van der Waals surface area contributed by atoms with Gasteiger partial charge < -0.3 is 0 Å². The highest BCUT2D eigenvalue weighted by atomic mass is 79.9. The SMILES string of the molecule is C[N][C@H](C)c1ccccc1Br. The molecule has 2 heteroatoms. The summed E-state index contributed by atoms with van der Waals surface area (Å²) in [5.41, 5.74) is 1.25. The molecule has 0 unspecified atom stereocenters. The second-order valence-corrected chi connectivity index (χ2v) is 3.31. The Bertz CT molecular complexity index is 235. The third kappa shape index (κ3) is 2.04. The van der Waals surface area contributed by atoms with Gasteiger partial charge >= 0.3 is 0 Å². The van der Waals surface area contributed by atoms with Crippen molar-refractivity contribution in [2.24, 2.45) is 0 Å². The molecule has 59 valence electrons. The predicted molar refractivity (Wildman–Crippen MR) is 50.6 cm³/mol. The monoisotopic (exact) mass is 212 g/mol. The highest BCUT2D eigenvalue weighted by Gasteiger charge is 2.05. The first kappa shape index (κ1) is 8.75. The van der Waals surface area contributed by atoms with Crippen LogP contribution in [-0.4, -0.2) is 7.05 Å². The molecule has 0 aliphatic carbocycles. The average molecular weight is 213 g/mol. The smallest absolute Gasteiger partial charge is 0.0475 e. The molecule has 0 N–H and O–H groups in total. The van der Waals surface area contributed by atoms with E-state index in [4.69, 9.17) is 0 Å². The van der Waals surface area contributed by atoms with Gasteiger partial charge in [-0.1, -0.05) is 34.1 Å². The van der Waals surface area contributed by atoms with Crippen LogP contribution in [0.2, 0.25) is 0 Å². The van der Waals surface area contributed by atoms with E-state index in [2.05, 4.69) is 34.2 Å². The number of nitrogens with zero attached hydrogens (tertiary/aromatic N) is 1. The van der Waals surface area contributed by atoms with E-state index in [1.54, 1.807) is 0 Å². The van der Waals surface area contributed by atoms with Crippen molar-refractivity contribution in [3.8, 4) is 0 Å². The number of halogens is 1. The summed E-state index contributed by atoms with van der Waals surface area (Å²) < 4.78 is 1.14. The van der Waals surface area contributed by atoms with Crippen LogP contribution in [0, 0.1) is 0 Å². The van der Waals surface area contributed by atoms with Crippen molar-refractivity contribution in [1.29, 1.82) is 0 Å². The van der Waals surface area contributed by atoms with Gasteiger partial charge in [-0.15, -0.1) is 0 Å². The lowest BCUT2D eigenvalue weighted by molar-refractivity contribution is 0.636. The Balaban J connectivity index is 2.93. The Morgan fingerprint density at radius 1 is 1.36 bits per heavy atom. The van der Waals surface area contributed by atoms with Crippen LogP contribution in [0.1, 0.15) is 18.5 Å². The summed E-state index contributed by atoms with van der Waals surface area (Å²) in [6.07, 6.45) is 0. The minimum absolute atomic E-state index is 0.283. The van der Waals surface area contributed by atoms with Gasteiger partial charge in [0.15, 0.2) is 0 Å². The fourth-order valence-corrected chi connectivity index (χ4v) is 1.57. The number of hydrogen-bond acceptors (Lipinski definition) is 0. The van der Waals surface area contributed by atoms with Gasteiger partial charge in [0.2, 0.25) is 0 Å². The van der Waals surface area contributed by atoms with Crippen LogP contribution in [-0.2, 0) is 0 Å². The zero-order chi connectivity index (χ0) is 8.27. The van der Waals surface area contributed by atoms with Crippen LogP contribution >= 0.6 is 15.9 Å². The van der Waals surface area contributed by atoms with Crippen LogP contribution in [0.5, 0.6) is 0 Å². The van der Waals surface area contributed by atoms with E-state index in [9.17, 15) is 0 Å². The third-order valence-corrected chi connectivity index (χ3v) is 2.46. The number of hydrogen-bond donors (Lipinski definition) is 0. The number of benzene rings is 1. The molecule has 1 aromatic rings. The molecule has 1 nitrogen and oxygen atoms in total. The highest BCUT2D eigenvalue weighted by Crippen LogP contribution is 2.22. The van der Waals surface area contributed by atoms with Gasteiger partial charge in [0.1, 0.15) is 0 Å². The summed E-state index contributed by atoms with van der Waals surface area (Å²) in [5.74, 6) is 0. The molecule has 0 heterocycles. The molecule has 0 saturated carbocycles. The van der Waals surface area contributed by atoms with E-state index in [0.717, 1.165) is 4.47 Å². The summed E-state index contributed by atoms with van der Waals surface area (Å²) in [7, 11) is 1.84. The van der Waals surface area contributed by atoms with Crippen molar-refractivity contribution in [2.45, 2.75) is 13.0 Å². The molecule has 1 atom stereocenters. The van der Waals surface area contributed by atoms with Crippen LogP contribution in [0.15, 0.2) is 28.7 Å². The van der Waals surface area contributed by atoms with E-state index < -0.39 is 0 Å². The van der Waals surface area contributed by atoms with Crippen molar-refractivity contribution >= 4 is 15.9 Å². The zero-order valence-electron chi connectivity index (χ0n) is 6.71. The highest BCUT2D eigenvalue weighted by molar-refractivity contribution is 9.10. The molecule has 0 bridgehead atoms. The lowest BCUT2D eigenvalue weighted by atomic mass is 10.1. The van der Waals surface area contributed by atoms with E-state index in [1.807, 2.05) is 25.2 Å². The van der Waals surface area contributed by atoms with E-state index >= 15 is 0 Å². The molecule has 0 aliphatic heterocycles. The fourth-order valence-electron chi connectivity index (χ4n) is 0.953. The van der Waals surface area contributed by atoms with Gasteiger partial charge in [0.05, 0.1) is 0 Å². The fraction of sp³-hybridized carbons (Fsp3) is 0.333. The molecule has 11 heavy (non-hydrogen) atoms. The van der Waals surface area contributed by atoms with Crippen molar-refractivity contribution in [3.63, 3.8) is 0 Å². The molecule has 0 amide bonds. The summed E-state index contributed by atoms with van der Waals surface area (Å²) >= 11 is 3.48. The maximum absolute atomic E-state index is 4.19. The van der Waals surface area contributed by atoms with Crippen LogP contribution < -0.4 is 5.32 Å². The Labute approximate surface area is 75.9 Å². The summed E-state index contributed by atoms with van der Waals surface area (Å²) in [5, 5.41) is 4.19. The van der Waals surface area contributed by atoms with Crippen LogP contribution in [0.25, 0.3) is 0 Å². The minimum atomic E-state index is 0.283. The van der Waals surface area contributed by atoms with Gasteiger partial charge in [-0.25, -0.2) is 5.32 Å². The Hall–Kier alpha value is -0.340. The summed E-state index contributed by atoms with van der Waals surface area (Å²) in [6, 6.07) is 8.45. The van der Waals surface area contributed by atoms with E-state index in [1.165, 1.54) is 5.56 Å². The second-order valence-electron chi connectivity index (χ2n) is 2.46. The Morgan fingerprint density at radius 3 is 2.55 bits per heavy atom. The first-order valence-electron chi connectivity index (χ1n) is 3.59. The quantitative estimate of drug-likeness (QED) is 0.717. The molecular weight excluding hydrogens is 202 g/mol. The Kier molecular flexibility index (Phi) is 3.09. The van der Waals surface area contributed by atoms with Gasteiger partial charge in [0.25, 0.3) is 0 Å². The zero-order valence-corrected chi connectivity index (χ0v) is 8.30. The topological polar surface area (TPSA) is 14.1 Å². The van der Waals surface area contributed by atoms with Gasteiger partial charge in [-0.3, -0.25) is 0 Å². The lowest BCUT2D eigenvalue weighted by Crippen LogP contribution is -2.05. The largest absolute Gasteiger partial charge is 0.237 e. The molecule has 0 aromatic heterocycles. The van der Waals surface area contributed by atoms with Gasteiger partial charge in [0, 0.05) is 17.6 Å². The average Bonchev–Trinajstić information content (AvgIpc) is 2.04. The molecule has 0 spiro atoms. The van der Waals surface area contributed by atoms with E-state index in [-0.39, 0.29) is 6.04 Å². The normalized spacial score (nSPS) is 13.0. The molecule has 1 rings (SSSR count). The van der Waals surface area contributed by atoms with Gasteiger partial charge in [-0.2, -0.15) is 0 Å². The van der Waals surface area contributed by atoms with Crippen molar-refractivity contribution in [1.82, 2.24) is 5.32 Å². The van der Waals surface area contributed by atoms with Crippen molar-refractivity contribution in [3.05, 3.63) is 34.3 Å². The standard InChI is InChI=1S/C9H11BrN/c1-7(11-2)8-5-3-4-6-9(8)10/h3-7H,1-2H3/t7-/m1/s1. The molecular formula is C9H11BrN. The predicted octanol–water partition coefficient (Wildman–Crippen LogP) is 2.74. The Morgan fingerprint density at radius 2 is 2.00 bits per heavy atom. The van der Waals surface area contributed by atoms with Crippen molar-refractivity contribution in [2.75, 3.05) is 7.05 Å².